The monoisotopic (exact) mass is 286 g/mol. The second kappa shape index (κ2) is 7.26. The van der Waals surface area contributed by atoms with Crippen molar-refractivity contribution in [3.63, 3.8) is 0 Å². The van der Waals surface area contributed by atoms with E-state index in [9.17, 15) is 4.79 Å². The Bertz CT molecular complexity index is 559. The Morgan fingerprint density at radius 2 is 2.24 bits per heavy atom. The quantitative estimate of drug-likeness (QED) is 0.838. The Morgan fingerprint density at radius 1 is 1.48 bits per heavy atom. The van der Waals surface area contributed by atoms with Crippen LogP contribution in [-0.2, 0) is 4.74 Å². The van der Waals surface area contributed by atoms with Crippen LogP contribution in [0.3, 0.4) is 0 Å². The molecule has 0 aromatic heterocycles. The smallest absolute Gasteiger partial charge is 0.255 e. The molecule has 1 saturated heterocycles. The second-order valence-electron chi connectivity index (χ2n) is 5.34. The van der Waals surface area contributed by atoms with Gasteiger partial charge < -0.3 is 15.4 Å². The molecule has 0 saturated carbocycles. The van der Waals surface area contributed by atoms with Crippen LogP contribution in [0.25, 0.3) is 0 Å². The fraction of sp³-hybridized carbons (Fsp3) is 0.471. The first-order valence-corrected chi connectivity index (χ1v) is 7.27. The van der Waals surface area contributed by atoms with Gasteiger partial charge in [-0.15, -0.1) is 0 Å². The summed E-state index contributed by atoms with van der Waals surface area (Å²) in [5, 5.41) is 0. The first kappa shape index (κ1) is 15.6. The molecule has 2 rings (SSSR count). The minimum absolute atomic E-state index is 0.0193. The lowest BCUT2D eigenvalue weighted by atomic mass is 9.95. The molecule has 1 heterocycles. The lowest BCUT2D eigenvalue weighted by Gasteiger charge is -2.36. The number of methoxy groups -OCH3 is 1. The second-order valence-corrected chi connectivity index (χ2v) is 5.34. The summed E-state index contributed by atoms with van der Waals surface area (Å²) in [5.74, 6) is 6.28. The number of ether oxygens (including phenoxy) is 1. The predicted molar refractivity (Wildman–Crippen MR) is 82.9 cm³/mol. The van der Waals surface area contributed by atoms with Crippen molar-refractivity contribution < 1.29 is 9.53 Å². The van der Waals surface area contributed by atoms with Gasteiger partial charge in [0, 0.05) is 25.8 Å². The van der Waals surface area contributed by atoms with Crippen LogP contribution in [0.5, 0.6) is 0 Å². The summed E-state index contributed by atoms with van der Waals surface area (Å²) in [6, 6.07) is 7.42. The number of piperidine rings is 1. The first-order valence-electron chi connectivity index (χ1n) is 7.27. The van der Waals surface area contributed by atoms with E-state index in [1.807, 2.05) is 29.2 Å². The maximum Gasteiger partial charge on any atom is 0.255 e. The molecule has 1 aromatic carbocycles. The van der Waals surface area contributed by atoms with Gasteiger partial charge in [0.05, 0.1) is 18.2 Å². The van der Waals surface area contributed by atoms with E-state index in [4.69, 9.17) is 10.5 Å². The van der Waals surface area contributed by atoms with Crippen LogP contribution in [0.1, 0.15) is 29.3 Å². The van der Waals surface area contributed by atoms with Crippen LogP contribution in [0.15, 0.2) is 24.3 Å². The van der Waals surface area contributed by atoms with Gasteiger partial charge in [-0.05, 0) is 24.5 Å². The van der Waals surface area contributed by atoms with Gasteiger partial charge in [-0.2, -0.15) is 0 Å². The summed E-state index contributed by atoms with van der Waals surface area (Å²) in [5.41, 5.74) is 6.79. The Morgan fingerprint density at radius 3 is 2.95 bits per heavy atom. The normalized spacial score (nSPS) is 21.6. The summed E-state index contributed by atoms with van der Waals surface area (Å²) in [6.07, 6.45) is 1.06. The third-order valence-corrected chi connectivity index (χ3v) is 3.96. The van der Waals surface area contributed by atoms with Crippen molar-refractivity contribution in [3.05, 3.63) is 35.4 Å². The lowest BCUT2D eigenvalue weighted by Crippen LogP contribution is -2.46. The van der Waals surface area contributed by atoms with Crippen LogP contribution >= 0.6 is 0 Å². The highest BCUT2D eigenvalue weighted by Crippen LogP contribution is 2.22. The zero-order chi connectivity index (χ0) is 15.2. The molecule has 2 N–H and O–H groups in total. The lowest BCUT2D eigenvalue weighted by molar-refractivity contribution is -0.00157. The van der Waals surface area contributed by atoms with Gasteiger partial charge in [0.15, 0.2) is 0 Å². The van der Waals surface area contributed by atoms with Crippen molar-refractivity contribution in [1.29, 1.82) is 0 Å². The van der Waals surface area contributed by atoms with Crippen LogP contribution < -0.4 is 5.73 Å². The third kappa shape index (κ3) is 3.63. The van der Waals surface area contributed by atoms with E-state index >= 15 is 0 Å². The average Bonchev–Trinajstić information content (AvgIpc) is 2.53. The van der Waals surface area contributed by atoms with Gasteiger partial charge in [-0.3, -0.25) is 4.79 Å². The van der Waals surface area contributed by atoms with E-state index < -0.39 is 0 Å². The van der Waals surface area contributed by atoms with Crippen LogP contribution in [0.4, 0.5) is 0 Å². The van der Waals surface area contributed by atoms with Crippen molar-refractivity contribution >= 4 is 5.91 Å². The Kier molecular flexibility index (Phi) is 5.38. The molecular weight excluding hydrogens is 264 g/mol. The van der Waals surface area contributed by atoms with Crippen molar-refractivity contribution in [2.45, 2.75) is 19.4 Å². The van der Waals surface area contributed by atoms with Gasteiger partial charge in [0.2, 0.25) is 0 Å². The SMILES string of the molecule is COC1CN(C(=O)c2ccccc2C#CCN)CCC1C. The first-order chi connectivity index (χ1) is 10.2. The number of hydrogen-bond acceptors (Lipinski definition) is 3. The summed E-state index contributed by atoms with van der Waals surface area (Å²) in [4.78, 5) is 14.6. The number of likely N-dealkylation sites (tertiary alicyclic amines) is 1. The van der Waals surface area contributed by atoms with Crippen molar-refractivity contribution in [1.82, 2.24) is 4.90 Å². The largest absolute Gasteiger partial charge is 0.379 e. The molecule has 0 aliphatic carbocycles. The van der Waals surface area contributed by atoms with Crippen LogP contribution in [0.2, 0.25) is 0 Å². The number of hydrogen-bond donors (Lipinski definition) is 1. The number of carbonyl (C=O) groups excluding carboxylic acids is 1. The number of carbonyl (C=O) groups is 1. The minimum atomic E-state index is 0.0193. The maximum absolute atomic E-state index is 12.7. The standard InChI is InChI=1S/C17H22N2O2/c1-13-9-11-19(12-16(13)21-2)17(20)15-8-4-3-6-14(15)7-5-10-18/h3-4,6,8,13,16H,9-12,18H2,1-2H3. The molecule has 1 amide bonds. The molecule has 0 bridgehead atoms. The molecule has 4 nitrogen and oxygen atoms in total. The van der Waals surface area contributed by atoms with Gasteiger partial charge in [0.1, 0.15) is 0 Å². The molecule has 112 valence electrons. The highest BCUT2D eigenvalue weighted by atomic mass is 16.5. The summed E-state index contributed by atoms with van der Waals surface area (Å²) < 4.78 is 5.48. The zero-order valence-electron chi connectivity index (χ0n) is 12.6. The topological polar surface area (TPSA) is 55.6 Å². The van der Waals surface area contributed by atoms with Crippen molar-refractivity contribution in [3.8, 4) is 11.8 Å². The van der Waals surface area contributed by atoms with E-state index in [1.165, 1.54) is 0 Å². The molecule has 1 aliphatic rings. The molecular formula is C17H22N2O2. The Hall–Kier alpha value is -1.83. The summed E-state index contributed by atoms with van der Waals surface area (Å²) in [7, 11) is 1.70. The summed E-state index contributed by atoms with van der Waals surface area (Å²) in [6.45, 7) is 3.85. The van der Waals surface area contributed by atoms with Gasteiger partial charge in [0.25, 0.3) is 5.91 Å². The van der Waals surface area contributed by atoms with E-state index in [0.717, 1.165) is 18.5 Å². The van der Waals surface area contributed by atoms with Crippen LogP contribution in [-0.4, -0.2) is 43.7 Å². The van der Waals surface area contributed by atoms with Crippen molar-refractivity contribution in [2.75, 3.05) is 26.7 Å². The van der Waals surface area contributed by atoms with Gasteiger partial charge in [-0.25, -0.2) is 0 Å². The molecule has 4 heteroatoms. The molecule has 0 spiro atoms. The van der Waals surface area contributed by atoms with Gasteiger partial charge in [-0.1, -0.05) is 30.9 Å². The fourth-order valence-electron chi connectivity index (χ4n) is 2.62. The number of benzene rings is 1. The highest BCUT2D eigenvalue weighted by molar-refractivity contribution is 5.96. The van der Waals surface area contributed by atoms with E-state index in [2.05, 4.69) is 18.8 Å². The Labute approximate surface area is 126 Å². The van der Waals surface area contributed by atoms with E-state index in [0.29, 0.717) is 18.0 Å². The van der Waals surface area contributed by atoms with Gasteiger partial charge >= 0.3 is 0 Å². The number of rotatable bonds is 2. The molecule has 2 atom stereocenters. The van der Waals surface area contributed by atoms with E-state index in [1.54, 1.807) is 7.11 Å². The molecule has 2 unspecified atom stereocenters. The Balaban J connectivity index is 2.20. The average molecular weight is 286 g/mol. The highest BCUT2D eigenvalue weighted by Gasteiger charge is 2.29. The summed E-state index contributed by atoms with van der Waals surface area (Å²) >= 11 is 0. The zero-order valence-corrected chi connectivity index (χ0v) is 12.6. The molecule has 1 fully saturated rings. The minimum Gasteiger partial charge on any atom is -0.379 e. The third-order valence-electron chi connectivity index (χ3n) is 3.96. The molecule has 21 heavy (non-hydrogen) atoms. The number of nitrogens with zero attached hydrogens (tertiary/aromatic N) is 1. The molecule has 1 aromatic rings. The predicted octanol–water partition coefficient (Wildman–Crippen LogP) is 1.49. The van der Waals surface area contributed by atoms with Crippen LogP contribution in [0, 0.1) is 17.8 Å². The molecule has 1 aliphatic heterocycles. The van der Waals surface area contributed by atoms with Crippen molar-refractivity contribution in [2.24, 2.45) is 11.7 Å². The molecule has 0 radical (unpaired) electrons. The number of nitrogens with two attached hydrogens (primary N) is 1. The maximum atomic E-state index is 12.7. The number of amides is 1. The fourth-order valence-corrected chi connectivity index (χ4v) is 2.62. The van der Waals surface area contributed by atoms with E-state index in [-0.39, 0.29) is 18.6 Å².